The molecule has 1 aromatic carbocycles. The number of allylic oxidation sites excluding steroid dienone is 2. The van der Waals surface area contributed by atoms with Gasteiger partial charge in [0.1, 0.15) is 17.3 Å². The van der Waals surface area contributed by atoms with Crippen LogP contribution in [-0.2, 0) is 14.2 Å². The van der Waals surface area contributed by atoms with Gasteiger partial charge in [-0.3, -0.25) is 0 Å². The molecule has 1 aromatic heterocycles. The summed E-state index contributed by atoms with van der Waals surface area (Å²) in [4.78, 5) is 16.5. The lowest BCUT2D eigenvalue weighted by atomic mass is 9.83. The number of hydrogen-bond acceptors (Lipinski definition) is 7. The van der Waals surface area contributed by atoms with Gasteiger partial charge in [-0.05, 0) is 57.4 Å². The summed E-state index contributed by atoms with van der Waals surface area (Å²) in [6, 6.07) is 9.58. The van der Waals surface area contributed by atoms with Gasteiger partial charge in [0, 0.05) is 11.5 Å². The number of carbonyl (C=O) groups is 1. The van der Waals surface area contributed by atoms with Crippen molar-refractivity contribution in [3.05, 3.63) is 71.7 Å². The van der Waals surface area contributed by atoms with Crippen LogP contribution < -0.4 is 4.74 Å². The minimum Gasteiger partial charge on any atom is -0.461 e. The predicted molar refractivity (Wildman–Crippen MR) is 113 cm³/mol. The van der Waals surface area contributed by atoms with E-state index in [1.807, 2.05) is 49.4 Å². The third-order valence-electron chi connectivity index (χ3n) is 5.41. The fourth-order valence-corrected chi connectivity index (χ4v) is 3.87. The molecule has 1 aliphatic heterocycles. The zero-order valence-corrected chi connectivity index (χ0v) is 17.8. The van der Waals surface area contributed by atoms with Crippen LogP contribution >= 0.6 is 0 Å². The summed E-state index contributed by atoms with van der Waals surface area (Å²) < 4.78 is 29.2. The quantitative estimate of drug-likeness (QED) is 0.617. The van der Waals surface area contributed by atoms with Gasteiger partial charge in [-0.1, -0.05) is 18.2 Å². The topological polar surface area (TPSA) is 80.0 Å². The van der Waals surface area contributed by atoms with E-state index in [-0.39, 0.29) is 18.2 Å². The number of para-hydroxylation sites is 1. The van der Waals surface area contributed by atoms with Gasteiger partial charge in [-0.25, -0.2) is 9.78 Å². The molecule has 7 nitrogen and oxygen atoms in total. The van der Waals surface area contributed by atoms with Crippen molar-refractivity contribution in [3.63, 3.8) is 0 Å². The van der Waals surface area contributed by atoms with Gasteiger partial charge in [0.15, 0.2) is 17.9 Å². The van der Waals surface area contributed by atoms with Gasteiger partial charge in [0.05, 0.1) is 19.8 Å². The molecule has 0 spiro atoms. The molecule has 0 radical (unpaired) electrons. The monoisotopic (exact) mass is 425 g/mol. The molecule has 2 aromatic rings. The minimum atomic E-state index is -0.973. The highest BCUT2D eigenvalue weighted by Crippen LogP contribution is 2.43. The first-order valence-corrected chi connectivity index (χ1v) is 10.6. The van der Waals surface area contributed by atoms with E-state index in [0.717, 1.165) is 24.2 Å². The van der Waals surface area contributed by atoms with Crippen molar-refractivity contribution in [1.82, 2.24) is 4.98 Å². The molecule has 2 aliphatic rings. The summed E-state index contributed by atoms with van der Waals surface area (Å²) in [5.74, 6) is 0.0912. The Morgan fingerprint density at radius 1 is 1.19 bits per heavy atom. The molecule has 1 aliphatic carbocycles. The predicted octanol–water partition coefficient (Wildman–Crippen LogP) is 4.77. The second-order valence-corrected chi connectivity index (χ2v) is 7.54. The number of esters is 1. The number of hydrogen-bond donors (Lipinski definition) is 0. The first-order valence-electron chi connectivity index (χ1n) is 10.6. The van der Waals surface area contributed by atoms with Crippen LogP contribution in [-0.4, -0.2) is 36.6 Å². The Hall–Kier alpha value is -2.90. The molecule has 1 fully saturated rings. The zero-order valence-electron chi connectivity index (χ0n) is 17.8. The highest BCUT2D eigenvalue weighted by Gasteiger charge is 2.42. The van der Waals surface area contributed by atoms with Crippen LogP contribution in [0, 0.1) is 0 Å². The molecular formula is C24H27NO6. The Bertz CT molecular complexity index is 953. The Kier molecular flexibility index (Phi) is 6.53. The van der Waals surface area contributed by atoms with Crippen molar-refractivity contribution in [2.75, 3.05) is 19.8 Å². The Morgan fingerprint density at radius 2 is 1.94 bits per heavy atom. The maximum atomic E-state index is 12.4. The summed E-state index contributed by atoms with van der Waals surface area (Å²) in [7, 11) is 0. The summed E-state index contributed by atoms with van der Waals surface area (Å²) >= 11 is 0. The van der Waals surface area contributed by atoms with E-state index in [1.165, 1.54) is 6.39 Å². The first kappa shape index (κ1) is 21.3. The first-order chi connectivity index (χ1) is 15.1. The van der Waals surface area contributed by atoms with Crippen LogP contribution in [0.2, 0.25) is 0 Å². The van der Waals surface area contributed by atoms with Gasteiger partial charge in [-0.2, -0.15) is 0 Å². The van der Waals surface area contributed by atoms with E-state index in [0.29, 0.717) is 31.2 Å². The van der Waals surface area contributed by atoms with Crippen molar-refractivity contribution in [2.45, 2.75) is 44.8 Å². The molecule has 7 heteroatoms. The fourth-order valence-electron chi connectivity index (χ4n) is 3.87. The average molecular weight is 425 g/mol. The molecule has 0 amide bonds. The van der Waals surface area contributed by atoms with Gasteiger partial charge in [-0.15, -0.1) is 0 Å². The standard InChI is InChI=1S/C24H27NO6/c1-3-27-23(26)21-22(28-16-25-21)19-12-11-18(31-17-9-5-4-6-10-17)15-20(19)24(2)29-13-7-8-14-30-24/h4-6,9-11,15-16,19H,3,7-8,12-14H2,1-2H3. The van der Waals surface area contributed by atoms with E-state index in [4.69, 9.17) is 23.4 Å². The number of ether oxygens (including phenoxy) is 4. The van der Waals surface area contributed by atoms with Gasteiger partial charge >= 0.3 is 5.97 Å². The number of oxazole rings is 1. The van der Waals surface area contributed by atoms with Crippen LogP contribution in [0.3, 0.4) is 0 Å². The fraction of sp³-hybridized carbons (Fsp3) is 0.417. The van der Waals surface area contributed by atoms with Crippen molar-refractivity contribution in [3.8, 4) is 5.75 Å². The van der Waals surface area contributed by atoms with Crippen LogP contribution in [0.1, 0.15) is 55.3 Å². The lowest BCUT2D eigenvalue weighted by Crippen LogP contribution is -2.37. The number of carbonyl (C=O) groups excluding carboxylic acids is 1. The molecule has 0 N–H and O–H groups in total. The normalized spacial score (nSPS) is 20.9. The highest BCUT2D eigenvalue weighted by molar-refractivity contribution is 5.88. The maximum absolute atomic E-state index is 12.4. The van der Waals surface area contributed by atoms with E-state index in [1.54, 1.807) is 6.92 Å². The molecule has 164 valence electrons. The van der Waals surface area contributed by atoms with Crippen LogP contribution in [0.5, 0.6) is 5.75 Å². The Labute approximate surface area is 181 Å². The van der Waals surface area contributed by atoms with Crippen molar-refractivity contribution in [2.24, 2.45) is 0 Å². The average Bonchev–Trinajstić information content (AvgIpc) is 3.16. The zero-order chi connectivity index (χ0) is 21.7. The van der Waals surface area contributed by atoms with E-state index >= 15 is 0 Å². The molecule has 2 heterocycles. The molecule has 1 unspecified atom stereocenters. The van der Waals surface area contributed by atoms with Gasteiger partial charge < -0.3 is 23.4 Å². The Morgan fingerprint density at radius 3 is 2.65 bits per heavy atom. The minimum absolute atomic E-state index is 0.177. The van der Waals surface area contributed by atoms with E-state index in [9.17, 15) is 4.79 Å². The van der Waals surface area contributed by atoms with Gasteiger partial charge in [0.25, 0.3) is 0 Å². The van der Waals surface area contributed by atoms with Gasteiger partial charge in [0.2, 0.25) is 0 Å². The second-order valence-electron chi connectivity index (χ2n) is 7.54. The second kappa shape index (κ2) is 9.49. The maximum Gasteiger partial charge on any atom is 0.360 e. The lowest BCUT2D eigenvalue weighted by Gasteiger charge is -2.36. The summed E-state index contributed by atoms with van der Waals surface area (Å²) in [6.45, 7) is 5.09. The number of benzene rings is 1. The summed E-state index contributed by atoms with van der Waals surface area (Å²) in [6.07, 6.45) is 7.55. The van der Waals surface area contributed by atoms with E-state index in [2.05, 4.69) is 4.98 Å². The highest BCUT2D eigenvalue weighted by atomic mass is 16.7. The Balaban J connectivity index is 1.70. The smallest absolute Gasteiger partial charge is 0.360 e. The number of rotatable bonds is 6. The van der Waals surface area contributed by atoms with Crippen LogP contribution in [0.4, 0.5) is 0 Å². The van der Waals surface area contributed by atoms with E-state index < -0.39 is 11.8 Å². The van der Waals surface area contributed by atoms with Crippen molar-refractivity contribution < 1.29 is 28.2 Å². The van der Waals surface area contributed by atoms with Crippen molar-refractivity contribution >= 4 is 5.97 Å². The third kappa shape index (κ3) is 4.73. The summed E-state index contributed by atoms with van der Waals surface area (Å²) in [5, 5.41) is 0. The number of nitrogens with zero attached hydrogens (tertiary/aromatic N) is 1. The molecule has 0 bridgehead atoms. The van der Waals surface area contributed by atoms with Crippen LogP contribution in [0.25, 0.3) is 0 Å². The third-order valence-corrected chi connectivity index (χ3v) is 5.41. The molecule has 1 atom stereocenters. The molecular weight excluding hydrogens is 398 g/mol. The van der Waals surface area contributed by atoms with Crippen LogP contribution in [0.15, 0.2) is 64.6 Å². The molecule has 4 rings (SSSR count). The molecule has 0 saturated carbocycles. The lowest BCUT2D eigenvalue weighted by molar-refractivity contribution is -0.188. The number of aromatic nitrogens is 1. The summed E-state index contributed by atoms with van der Waals surface area (Å²) in [5.41, 5.74) is 1.00. The van der Waals surface area contributed by atoms with Crippen molar-refractivity contribution in [1.29, 1.82) is 0 Å². The largest absolute Gasteiger partial charge is 0.461 e. The molecule has 1 saturated heterocycles. The SMILES string of the molecule is CCOC(=O)c1ncoc1C1CC=C(Oc2ccccc2)C=C1C1(C)OCCCCO1. The molecule has 31 heavy (non-hydrogen) atoms.